The SMILES string of the molecule is CN(c1ccccn1)S(=O)(=O)c1nnc(N)s1. The van der Waals surface area contributed by atoms with Crippen molar-refractivity contribution < 1.29 is 8.42 Å². The second-order valence-corrected chi connectivity index (χ2v) is 6.22. The third-order valence-electron chi connectivity index (χ3n) is 1.98. The third-order valence-corrected chi connectivity index (χ3v) is 4.84. The maximum Gasteiger partial charge on any atom is 0.294 e. The second-order valence-electron chi connectivity index (χ2n) is 3.07. The molecule has 2 aromatic heterocycles. The van der Waals surface area contributed by atoms with Crippen molar-refractivity contribution in [3.05, 3.63) is 24.4 Å². The summed E-state index contributed by atoms with van der Waals surface area (Å²) in [5.41, 5.74) is 5.36. The van der Waals surface area contributed by atoms with Gasteiger partial charge in [-0.3, -0.25) is 4.31 Å². The molecule has 0 bridgehead atoms. The Labute approximate surface area is 102 Å². The Morgan fingerprint density at radius 3 is 2.65 bits per heavy atom. The molecule has 0 saturated heterocycles. The van der Waals surface area contributed by atoms with Crippen molar-refractivity contribution in [2.75, 3.05) is 17.1 Å². The largest absolute Gasteiger partial charge is 0.374 e. The number of anilines is 2. The molecule has 0 saturated carbocycles. The van der Waals surface area contributed by atoms with Crippen LogP contribution in [0.5, 0.6) is 0 Å². The van der Waals surface area contributed by atoms with E-state index in [2.05, 4.69) is 15.2 Å². The number of nitrogens with two attached hydrogens (primary N) is 1. The van der Waals surface area contributed by atoms with Gasteiger partial charge in [0.2, 0.25) is 5.13 Å². The summed E-state index contributed by atoms with van der Waals surface area (Å²) in [5.74, 6) is 0.307. The fourth-order valence-electron chi connectivity index (χ4n) is 1.10. The van der Waals surface area contributed by atoms with Crippen molar-refractivity contribution in [2.45, 2.75) is 4.34 Å². The fraction of sp³-hybridized carbons (Fsp3) is 0.125. The number of rotatable bonds is 3. The maximum absolute atomic E-state index is 12.1. The van der Waals surface area contributed by atoms with Gasteiger partial charge in [0.15, 0.2) is 0 Å². The van der Waals surface area contributed by atoms with Crippen molar-refractivity contribution in [3.8, 4) is 0 Å². The van der Waals surface area contributed by atoms with Gasteiger partial charge in [0, 0.05) is 13.2 Å². The molecule has 2 aromatic rings. The number of aromatic nitrogens is 3. The smallest absolute Gasteiger partial charge is 0.294 e. The van der Waals surface area contributed by atoms with E-state index >= 15 is 0 Å². The molecule has 0 spiro atoms. The van der Waals surface area contributed by atoms with Crippen LogP contribution in [0, 0.1) is 0 Å². The van der Waals surface area contributed by atoms with Crippen LogP contribution in [-0.4, -0.2) is 30.6 Å². The molecule has 7 nitrogen and oxygen atoms in total. The molecule has 0 atom stereocenters. The Balaban J connectivity index is 2.40. The first kappa shape index (κ1) is 11.7. The lowest BCUT2D eigenvalue weighted by Gasteiger charge is -2.15. The van der Waals surface area contributed by atoms with Gasteiger partial charge in [0.05, 0.1) is 0 Å². The lowest BCUT2D eigenvalue weighted by molar-refractivity contribution is 0.592. The van der Waals surface area contributed by atoms with Gasteiger partial charge in [-0.05, 0) is 12.1 Å². The van der Waals surface area contributed by atoms with E-state index in [4.69, 9.17) is 5.73 Å². The molecule has 2 rings (SSSR count). The zero-order valence-corrected chi connectivity index (χ0v) is 10.4. The minimum atomic E-state index is -3.74. The lowest BCUT2D eigenvalue weighted by atomic mass is 10.5. The number of nitrogens with zero attached hydrogens (tertiary/aromatic N) is 4. The third kappa shape index (κ3) is 2.19. The highest BCUT2D eigenvalue weighted by Gasteiger charge is 2.26. The van der Waals surface area contributed by atoms with Crippen LogP contribution in [0.2, 0.25) is 0 Å². The number of nitrogen functional groups attached to an aromatic ring is 1. The van der Waals surface area contributed by atoms with Crippen LogP contribution >= 0.6 is 11.3 Å². The first-order valence-corrected chi connectivity index (χ1v) is 6.76. The summed E-state index contributed by atoms with van der Waals surface area (Å²) in [6.45, 7) is 0. The van der Waals surface area contributed by atoms with E-state index in [0.717, 1.165) is 15.6 Å². The summed E-state index contributed by atoms with van der Waals surface area (Å²) in [6.07, 6.45) is 1.51. The molecule has 17 heavy (non-hydrogen) atoms. The fourth-order valence-corrected chi connectivity index (χ4v) is 3.19. The first-order valence-electron chi connectivity index (χ1n) is 4.51. The minimum Gasteiger partial charge on any atom is -0.374 e. The normalized spacial score (nSPS) is 11.4. The van der Waals surface area contributed by atoms with Crippen molar-refractivity contribution >= 4 is 32.3 Å². The molecule has 0 radical (unpaired) electrons. The van der Waals surface area contributed by atoms with E-state index in [-0.39, 0.29) is 9.47 Å². The van der Waals surface area contributed by atoms with Gasteiger partial charge in [-0.15, -0.1) is 10.2 Å². The molecule has 2 heterocycles. The average molecular weight is 271 g/mol. The van der Waals surface area contributed by atoms with Crippen LogP contribution in [0.15, 0.2) is 28.7 Å². The Morgan fingerprint density at radius 2 is 2.12 bits per heavy atom. The van der Waals surface area contributed by atoms with Gasteiger partial charge in [-0.1, -0.05) is 17.4 Å². The van der Waals surface area contributed by atoms with Gasteiger partial charge < -0.3 is 5.73 Å². The predicted octanol–water partition coefficient (Wildman–Crippen LogP) is 0.340. The van der Waals surface area contributed by atoms with Gasteiger partial charge >= 0.3 is 0 Å². The Morgan fingerprint density at radius 1 is 1.35 bits per heavy atom. The van der Waals surface area contributed by atoms with E-state index in [0.29, 0.717) is 5.82 Å². The van der Waals surface area contributed by atoms with Crippen LogP contribution < -0.4 is 10.0 Å². The molecule has 9 heteroatoms. The number of pyridine rings is 1. The molecule has 0 aliphatic heterocycles. The molecule has 0 amide bonds. The summed E-state index contributed by atoms with van der Waals surface area (Å²) in [4.78, 5) is 3.95. The second kappa shape index (κ2) is 4.26. The number of hydrogen-bond donors (Lipinski definition) is 1. The molecular weight excluding hydrogens is 262 g/mol. The topological polar surface area (TPSA) is 102 Å². The minimum absolute atomic E-state index is 0.109. The molecule has 0 unspecified atom stereocenters. The summed E-state index contributed by atoms with van der Waals surface area (Å²) in [6, 6.07) is 4.98. The quantitative estimate of drug-likeness (QED) is 0.863. The summed E-state index contributed by atoms with van der Waals surface area (Å²) < 4.78 is 25.1. The van der Waals surface area contributed by atoms with Crippen molar-refractivity contribution in [2.24, 2.45) is 0 Å². The molecule has 0 aromatic carbocycles. The number of sulfonamides is 1. The molecule has 90 valence electrons. The molecule has 0 aliphatic carbocycles. The van der Waals surface area contributed by atoms with Gasteiger partial charge in [-0.2, -0.15) is 8.42 Å². The summed E-state index contributed by atoms with van der Waals surface area (Å²) >= 11 is 0.816. The highest BCUT2D eigenvalue weighted by atomic mass is 32.2. The highest BCUT2D eigenvalue weighted by Crippen LogP contribution is 2.23. The van der Waals surface area contributed by atoms with Crippen LogP contribution in [0.1, 0.15) is 0 Å². The standard InChI is InChI=1S/C8H9N5O2S2/c1-13(6-4-2-3-5-10-6)17(14,15)8-12-11-7(9)16-8/h2-5H,1H3,(H2,9,11). The van der Waals surface area contributed by atoms with E-state index < -0.39 is 10.0 Å². The zero-order chi connectivity index (χ0) is 12.5. The van der Waals surface area contributed by atoms with Gasteiger partial charge in [-0.25, -0.2) is 4.98 Å². The van der Waals surface area contributed by atoms with E-state index in [1.165, 1.54) is 13.2 Å². The highest BCUT2D eigenvalue weighted by molar-refractivity contribution is 7.94. The maximum atomic E-state index is 12.1. The monoisotopic (exact) mass is 271 g/mol. The van der Waals surface area contributed by atoms with Crippen molar-refractivity contribution in [3.63, 3.8) is 0 Å². The molecule has 0 fully saturated rings. The molecule has 0 aliphatic rings. The van der Waals surface area contributed by atoms with Crippen molar-refractivity contribution in [1.82, 2.24) is 15.2 Å². The van der Waals surface area contributed by atoms with E-state index in [1.807, 2.05) is 0 Å². The zero-order valence-electron chi connectivity index (χ0n) is 8.81. The van der Waals surface area contributed by atoms with Gasteiger partial charge in [0.25, 0.3) is 14.4 Å². The van der Waals surface area contributed by atoms with Crippen LogP contribution in [0.3, 0.4) is 0 Å². The van der Waals surface area contributed by atoms with Crippen LogP contribution in [-0.2, 0) is 10.0 Å². The predicted molar refractivity (Wildman–Crippen MR) is 64.1 cm³/mol. The Bertz CT molecular complexity index is 610. The van der Waals surface area contributed by atoms with E-state index in [1.54, 1.807) is 18.2 Å². The van der Waals surface area contributed by atoms with Gasteiger partial charge in [0.1, 0.15) is 5.82 Å². The molecule has 2 N–H and O–H groups in total. The van der Waals surface area contributed by atoms with Crippen LogP contribution in [0.25, 0.3) is 0 Å². The molecular formula is C8H9N5O2S2. The lowest BCUT2D eigenvalue weighted by Crippen LogP contribution is -2.27. The number of hydrogen-bond acceptors (Lipinski definition) is 7. The van der Waals surface area contributed by atoms with E-state index in [9.17, 15) is 8.42 Å². The first-order chi connectivity index (χ1) is 8.01. The summed E-state index contributed by atoms with van der Waals surface area (Å²) in [5, 5.41) is 7.11. The van der Waals surface area contributed by atoms with Crippen molar-refractivity contribution in [1.29, 1.82) is 0 Å². The summed E-state index contributed by atoms with van der Waals surface area (Å²) in [7, 11) is -2.34. The Hall–Kier alpha value is -1.74. The Kier molecular flexibility index (Phi) is 2.94. The van der Waals surface area contributed by atoms with Crippen LogP contribution in [0.4, 0.5) is 10.9 Å². The average Bonchev–Trinajstić information content (AvgIpc) is 2.77.